The zero-order chi connectivity index (χ0) is 36.6. The molecule has 274 valence electrons. The number of fused-ring (bicyclic) bond motifs is 3. The number of para-hydroxylation sites is 1. The number of nitrogens with zero attached hydrogens (tertiary/aromatic N) is 4. The Morgan fingerprint density at radius 2 is 1.55 bits per heavy atom. The van der Waals surface area contributed by atoms with Crippen LogP contribution in [0.25, 0.3) is 38.9 Å². The Kier molecular flexibility index (Phi) is 10.4. The minimum Gasteiger partial charge on any atom is -0.509 e. The van der Waals surface area contributed by atoms with Crippen molar-refractivity contribution in [2.24, 2.45) is 0 Å². The third-order valence-corrected chi connectivity index (χ3v) is 10.7. The van der Waals surface area contributed by atoms with Crippen molar-refractivity contribution >= 4 is 27.4 Å². The van der Waals surface area contributed by atoms with Gasteiger partial charge in [-0.05, 0) is 71.5 Å². The van der Waals surface area contributed by atoms with Crippen LogP contribution in [0.1, 0.15) is 66.6 Å². The van der Waals surface area contributed by atoms with Crippen molar-refractivity contribution in [3.8, 4) is 23.0 Å². The summed E-state index contributed by atoms with van der Waals surface area (Å²) >= 11 is 0. The second kappa shape index (κ2) is 15.6. The van der Waals surface area contributed by atoms with E-state index in [9.17, 15) is 4.39 Å². The first-order valence-corrected chi connectivity index (χ1v) is 18.8. The molecular formula is C48H39FN4OPt. The molecule has 0 radical (unpaired) electrons. The van der Waals surface area contributed by atoms with Gasteiger partial charge < -0.3 is 9.30 Å². The van der Waals surface area contributed by atoms with Gasteiger partial charge in [-0.15, -0.1) is 35.7 Å². The first-order chi connectivity index (χ1) is 26.6. The summed E-state index contributed by atoms with van der Waals surface area (Å²) in [5.74, 6) is 1.68. The molecule has 0 saturated carbocycles. The van der Waals surface area contributed by atoms with E-state index in [2.05, 4.69) is 108 Å². The monoisotopic (exact) mass is 901 g/mol. The standard InChI is InChI=1S/C48H39FN4O.Pt/c1-3-42-48(47-38(32-15-7-5-8-16-32)22-14-23-39(47)33-17-9-6-10-18-33)43(4-2)53(51-42)35-19-13-20-36(30-35)54-37-25-26-41-40-21-11-12-24-44(40)52(45(41)31-37)46-29-34(49)27-28-50-46;/h5-13,15-22,24-29,39,47H,3-4,14,23H2,1-2H3;/q-2;+2/t39-,47?;/m1./s1. The third kappa shape index (κ3) is 6.74. The van der Waals surface area contributed by atoms with Crippen LogP contribution < -0.4 is 4.74 Å². The molecule has 0 saturated heterocycles. The zero-order valence-electron chi connectivity index (χ0n) is 30.7. The third-order valence-electron chi connectivity index (χ3n) is 10.7. The summed E-state index contributed by atoms with van der Waals surface area (Å²) < 4.78 is 24.9. The smallest absolute Gasteiger partial charge is 0.509 e. The summed E-state index contributed by atoms with van der Waals surface area (Å²) in [5.41, 5.74) is 10.1. The van der Waals surface area contributed by atoms with Crippen molar-refractivity contribution in [2.45, 2.75) is 51.4 Å². The molecule has 1 unspecified atom stereocenters. The molecule has 5 aromatic carbocycles. The van der Waals surface area contributed by atoms with Crippen LogP contribution in [0, 0.1) is 17.9 Å². The van der Waals surface area contributed by atoms with E-state index < -0.39 is 0 Å². The van der Waals surface area contributed by atoms with Gasteiger partial charge >= 0.3 is 21.1 Å². The largest absolute Gasteiger partial charge is 2.00 e. The zero-order valence-corrected chi connectivity index (χ0v) is 32.9. The second-order valence-electron chi connectivity index (χ2n) is 13.8. The van der Waals surface area contributed by atoms with Crippen molar-refractivity contribution in [3.63, 3.8) is 0 Å². The average Bonchev–Trinajstić information content (AvgIpc) is 3.76. The summed E-state index contributed by atoms with van der Waals surface area (Å²) in [6.07, 6.45) is 7.67. The second-order valence-corrected chi connectivity index (χ2v) is 13.8. The predicted octanol–water partition coefficient (Wildman–Crippen LogP) is 11.8. The van der Waals surface area contributed by atoms with Crippen LogP contribution in [-0.2, 0) is 33.9 Å². The van der Waals surface area contributed by atoms with Gasteiger partial charge in [0.15, 0.2) is 0 Å². The van der Waals surface area contributed by atoms with E-state index in [1.54, 1.807) is 0 Å². The first-order valence-electron chi connectivity index (χ1n) is 18.8. The van der Waals surface area contributed by atoms with Gasteiger partial charge in [0.2, 0.25) is 0 Å². The van der Waals surface area contributed by atoms with Crippen molar-refractivity contribution < 1.29 is 30.2 Å². The van der Waals surface area contributed by atoms with E-state index in [0.717, 1.165) is 58.9 Å². The van der Waals surface area contributed by atoms with Gasteiger partial charge in [0.05, 0.1) is 5.69 Å². The van der Waals surface area contributed by atoms with Crippen LogP contribution in [-0.4, -0.2) is 19.3 Å². The molecular weight excluding hydrogens is 863 g/mol. The molecule has 8 aromatic rings. The van der Waals surface area contributed by atoms with Gasteiger partial charge in [0.1, 0.15) is 11.6 Å². The van der Waals surface area contributed by atoms with Crippen LogP contribution >= 0.6 is 0 Å². The van der Waals surface area contributed by atoms with Gasteiger partial charge in [-0.25, -0.2) is 9.37 Å². The maximum atomic E-state index is 14.4. The van der Waals surface area contributed by atoms with Crippen molar-refractivity contribution in [2.75, 3.05) is 0 Å². The topological polar surface area (TPSA) is 44.9 Å². The molecule has 9 rings (SSSR count). The van der Waals surface area contributed by atoms with Crippen molar-refractivity contribution in [1.82, 2.24) is 19.3 Å². The SMILES string of the molecule is CCc1nn(-c2[c-]c(Oc3[c-]c4c(cc3)c3ccccc3n4-c3cc(F)ccn3)ccc2)c(CC)c1C1C(c2ccccc2)=CCC[C@@H]1c1ccccc1.[Pt+2]. The predicted molar refractivity (Wildman–Crippen MR) is 214 cm³/mol. The number of hydrogen-bond acceptors (Lipinski definition) is 3. The van der Waals surface area contributed by atoms with Gasteiger partial charge in [-0.2, -0.15) is 17.2 Å². The number of hydrogen-bond donors (Lipinski definition) is 0. The summed E-state index contributed by atoms with van der Waals surface area (Å²) in [7, 11) is 0. The minimum absolute atomic E-state index is 0. The van der Waals surface area contributed by atoms with Crippen LogP contribution in [0.3, 0.4) is 0 Å². The molecule has 1 aliphatic carbocycles. The van der Waals surface area contributed by atoms with Gasteiger partial charge in [0.25, 0.3) is 0 Å². The Morgan fingerprint density at radius 1 is 0.782 bits per heavy atom. The fourth-order valence-electron chi connectivity index (χ4n) is 8.37. The number of benzene rings is 5. The summed E-state index contributed by atoms with van der Waals surface area (Å²) in [5, 5.41) is 7.33. The number of pyridine rings is 1. The van der Waals surface area contributed by atoms with Crippen LogP contribution in [0.4, 0.5) is 4.39 Å². The molecule has 0 aliphatic heterocycles. The molecule has 3 heterocycles. The molecule has 5 nitrogen and oxygen atoms in total. The molecule has 0 N–H and O–H groups in total. The normalized spacial score (nSPS) is 15.5. The van der Waals surface area contributed by atoms with Crippen molar-refractivity contribution in [3.05, 3.63) is 186 Å². The first kappa shape index (κ1) is 36.4. The fraction of sp³-hybridized carbons (Fsp3) is 0.167. The van der Waals surface area contributed by atoms with E-state index in [-0.39, 0.29) is 32.8 Å². The van der Waals surface area contributed by atoms with Gasteiger partial charge in [-0.1, -0.05) is 104 Å². The maximum absolute atomic E-state index is 14.4. The average molecular weight is 902 g/mol. The molecule has 55 heavy (non-hydrogen) atoms. The number of aryl methyl sites for hydroxylation is 1. The van der Waals surface area contributed by atoms with Gasteiger partial charge in [0, 0.05) is 46.5 Å². The van der Waals surface area contributed by atoms with E-state index >= 15 is 0 Å². The van der Waals surface area contributed by atoms with Crippen LogP contribution in [0.2, 0.25) is 0 Å². The van der Waals surface area contributed by atoms with E-state index in [1.807, 2.05) is 53.1 Å². The number of rotatable bonds is 9. The molecule has 0 fully saturated rings. The van der Waals surface area contributed by atoms with Crippen LogP contribution in [0.15, 0.2) is 140 Å². The van der Waals surface area contributed by atoms with Crippen LogP contribution in [0.5, 0.6) is 11.5 Å². The quantitative estimate of drug-likeness (QED) is 0.136. The molecule has 2 atom stereocenters. The molecule has 1 aliphatic rings. The molecule has 0 bridgehead atoms. The maximum Gasteiger partial charge on any atom is 2.00 e. The summed E-state index contributed by atoms with van der Waals surface area (Å²) in [4.78, 5) is 4.49. The van der Waals surface area contributed by atoms with Gasteiger partial charge in [-0.3, -0.25) is 4.68 Å². The Morgan fingerprint density at radius 3 is 2.33 bits per heavy atom. The molecule has 7 heteroatoms. The number of ether oxygens (including phenoxy) is 1. The van der Waals surface area contributed by atoms with Crippen molar-refractivity contribution in [1.29, 1.82) is 0 Å². The molecule has 0 spiro atoms. The Balaban J connectivity index is 0.00000427. The Labute approximate surface area is 335 Å². The summed E-state index contributed by atoms with van der Waals surface area (Å²) in [6, 6.07) is 49.5. The molecule has 3 aromatic heterocycles. The minimum atomic E-state index is -0.351. The number of allylic oxidation sites excluding steroid dienone is 2. The van der Waals surface area contributed by atoms with E-state index in [1.165, 1.54) is 46.3 Å². The van der Waals surface area contributed by atoms with E-state index in [4.69, 9.17) is 9.84 Å². The number of halogens is 1. The van der Waals surface area contributed by atoms with E-state index in [0.29, 0.717) is 23.2 Å². The Bertz CT molecular complexity index is 2650. The Hall–Kier alpha value is -5.58. The molecule has 0 amide bonds. The summed E-state index contributed by atoms with van der Waals surface area (Å²) in [6.45, 7) is 4.43. The fourth-order valence-corrected chi connectivity index (χ4v) is 8.37. The number of aromatic nitrogens is 4.